The lowest BCUT2D eigenvalue weighted by molar-refractivity contribution is -0.278. The predicted octanol–water partition coefficient (Wildman–Crippen LogP) is 1.86. The van der Waals surface area contributed by atoms with Gasteiger partial charge < -0.3 is 54.7 Å². The maximum absolute atomic E-state index is 12.7. The number of rotatable bonds is 10. The fourth-order valence-corrected chi connectivity index (χ4v) is 4.17. The van der Waals surface area contributed by atoms with Crippen molar-refractivity contribution in [3.05, 3.63) is 83.4 Å². The molecule has 1 saturated heterocycles. The highest BCUT2D eigenvalue weighted by atomic mass is 16.7. The minimum absolute atomic E-state index is 0.0547. The van der Waals surface area contributed by atoms with Gasteiger partial charge in [-0.3, -0.25) is 4.79 Å². The molecule has 0 saturated carbocycles. The van der Waals surface area contributed by atoms with Gasteiger partial charge >= 0.3 is 5.97 Å². The first kappa shape index (κ1) is 31.8. The van der Waals surface area contributed by atoms with Crippen LogP contribution in [0.3, 0.4) is 0 Å². The lowest BCUT2D eigenvalue weighted by Crippen LogP contribution is -2.60. The van der Waals surface area contributed by atoms with Crippen LogP contribution in [0.4, 0.5) is 0 Å². The molecular formula is C31H30O13. The molecule has 0 amide bonds. The largest absolute Gasteiger partial charge is 0.508 e. The SMILES string of the molecule is COc1ccc(C=CC(=O)c2ccc(O[C@@H]3O[C@H](COC(=O)C=Cc4ccc(O)cc4)[C@@H](O)[C@H](O)[C@H]3O)c(O)c2O)cc1O. The molecule has 13 heteroatoms. The van der Waals surface area contributed by atoms with Crippen molar-refractivity contribution in [1.82, 2.24) is 0 Å². The molecular weight excluding hydrogens is 580 g/mol. The highest BCUT2D eigenvalue weighted by molar-refractivity contribution is 6.09. The molecule has 1 aliphatic rings. The highest BCUT2D eigenvalue weighted by Gasteiger charge is 2.45. The van der Waals surface area contributed by atoms with Gasteiger partial charge in [0.1, 0.15) is 36.8 Å². The molecule has 1 aliphatic heterocycles. The molecule has 0 radical (unpaired) electrons. The molecule has 13 nitrogen and oxygen atoms in total. The predicted molar refractivity (Wildman–Crippen MR) is 153 cm³/mol. The fraction of sp³-hybridized carbons (Fsp3) is 0.226. The third kappa shape index (κ3) is 7.46. The molecule has 44 heavy (non-hydrogen) atoms. The molecule has 1 fully saturated rings. The van der Waals surface area contributed by atoms with Crippen LogP contribution in [0.1, 0.15) is 21.5 Å². The van der Waals surface area contributed by atoms with Gasteiger partial charge in [-0.25, -0.2) is 4.79 Å². The summed E-state index contributed by atoms with van der Waals surface area (Å²) in [6.45, 7) is -0.549. The zero-order chi connectivity index (χ0) is 32.0. The van der Waals surface area contributed by atoms with Gasteiger partial charge in [0.05, 0.1) is 12.7 Å². The Morgan fingerprint density at radius 3 is 2.14 bits per heavy atom. The molecule has 5 atom stereocenters. The number of ketones is 1. The van der Waals surface area contributed by atoms with Crippen LogP contribution in [0.25, 0.3) is 12.2 Å². The Morgan fingerprint density at radius 1 is 0.795 bits per heavy atom. The molecule has 0 aliphatic carbocycles. The number of phenolic OH excluding ortho intramolecular Hbond substituents is 4. The number of aliphatic hydroxyl groups excluding tert-OH is 3. The van der Waals surface area contributed by atoms with E-state index >= 15 is 0 Å². The molecule has 0 spiro atoms. The van der Waals surface area contributed by atoms with Crippen LogP contribution in [-0.4, -0.2) is 91.9 Å². The van der Waals surface area contributed by atoms with Crippen LogP contribution < -0.4 is 9.47 Å². The number of carbonyl (C=O) groups is 2. The lowest BCUT2D eigenvalue weighted by Gasteiger charge is -2.39. The van der Waals surface area contributed by atoms with Crippen LogP contribution in [0.15, 0.2) is 66.7 Å². The molecule has 232 valence electrons. The molecule has 4 rings (SSSR count). The van der Waals surface area contributed by atoms with Crippen LogP contribution in [0.5, 0.6) is 34.5 Å². The standard InChI is InChI=1S/C31H30O13/c1-41-22-11-5-17(14-21(22)34)4-10-20(33)19-9-12-23(27(37)26(19)36)43-31-30(40)29(39)28(38)24(44-31)15-42-25(35)13-6-16-2-7-18(32)8-3-16/h2-14,24,28-32,34,36-40H,15H2,1H3/t24-,28-,29+,30-,31-/m1/s1. The normalized spacial score (nSPS) is 21.8. The number of aliphatic hydroxyl groups is 3. The zero-order valence-corrected chi connectivity index (χ0v) is 23.2. The van der Waals surface area contributed by atoms with E-state index in [-0.39, 0.29) is 22.8 Å². The third-order valence-corrected chi connectivity index (χ3v) is 6.62. The monoisotopic (exact) mass is 610 g/mol. The number of aromatic hydroxyl groups is 4. The quantitative estimate of drug-likeness (QED) is 0.0757. The van der Waals surface area contributed by atoms with Gasteiger partial charge in [0.25, 0.3) is 0 Å². The van der Waals surface area contributed by atoms with Crippen molar-refractivity contribution in [2.75, 3.05) is 13.7 Å². The Bertz CT molecular complexity index is 1550. The van der Waals surface area contributed by atoms with Gasteiger partial charge in [-0.05, 0) is 59.7 Å². The number of methoxy groups -OCH3 is 1. The van der Waals surface area contributed by atoms with Crippen LogP contribution in [0, 0.1) is 0 Å². The van der Waals surface area contributed by atoms with E-state index in [2.05, 4.69) is 0 Å². The highest BCUT2D eigenvalue weighted by Crippen LogP contribution is 2.40. The number of phenols is 4. The number of benzene rings is 3. The summed E-state index contributed by atoms with van der Waals surface area (Å²) in [5.41, 5.74) is 0.762. The van der Waals surface area contributed by atoms with Crippen molar-refractivity contribution < 1.29 is 64.3 Å². The Labute approximate surface area is 250 Å². The Morgan fingerprint density at radius 2 is 1.45 bits per heavy atom. The minimum Gasteiger partial charge on any atom is -0.508 e. The van der Waals surface area contributed by atoms with Gasteiger partial charge in [0.15, 0.2) is 28.8 Å². The number of hydrogen-bond donors (Lipinski definition) is 7. The van der Waals surface area contributed by atoms with E-state index in [0.717, 1.165) is 24.3 Å². The Hall–Kier alpha value is -5.08. The minimum atomic E-state index is -1.82. The average molecular weight is 611 g/mol. The van der Waals surface area contributed by atoms with E-state index in [1.54, 1.807) is 18.2 Å². The number of hydrogen-bond acceptors (Lipinski definition) is 13. The Balaban J connectivity index is 1.40. The molecule has 1 heterocycles. The van der Waals surface area contributed by atoms with Crippen LogP contribution in [-0.2, 0) is 14.3 Å². The number of carbonyl (C=O) groups excluding carboxylic acids is 2. The second kappa shape index (κ2) is 13.9. The van der Waals surface area contributed by atoms with Crippen molar-refractivity contribution in [2.45, 2.75) is 30.7 Å². The molecule has 0 aromatic heterocycles. The molecule has 3 aromatic carbocycles. The molecule has 0 bridgehead atoms. The summed E-state index contributed by atoms with van der Waals surface area (Å²) in [5, 5.41) is 71.3. The van der Waals surface area contributed by atoms with Gasteiger partial charge in [0.2, 0.25) is 12.0 Å². The average Bonchev–Trinajstić information content (AvgIpc) is 3.01. The van der Waals surface area contributed by atoms with Crippen molar-refractivity contribution >= 4 is 23.9 Å². The van der Waals surface area contributed by atoms with Crippen molar-refractivity contribution in [2.24, 2.45) is 0 Å². The van der Waals surface area contributed by atoms with Gasteiger partial charge in [0, 0.05) is 6.08 Å². The van der Waals surface area contributed by atoms with Crippen LogP contribution >= 0.6 is 0 Å². The first-order chi connectivity index (χ1) is 21.0. The number of ether oxygens (including phenoxy) is 4. The topological polar surface area (TPSA) is 213 Å². The van der Waals surface area contributed by atoms with E-state index in [1.165, 1.54) is 43.5 Å². The smallest absolute Gasteiger partial charge is 0.330 e. The summed E-state index contributed by atoms with van der Waals surface area (Å²) in [7, 11) is 1.39. The van der Waals surface area contributed by atoms with E-state index < -0.39 is 66.3 Å². The summed E-state index contributed by atoms with van der Waals surface area (Å²) in [4.78, 5) is 24.8. The molecule has 0 unspecified atom stereocenters. The van der Waals surface area contributed by atoms with Crippen molar-refractivity contribution in [1.29, 1.82) is 0 Å². The maximum atomic E-state index is 12.7. The van der Waals surface area contributed by atoms with E-state index in [1.807, 2.05) is 0 Å². The molecule has 7 N–H and O–H groups in total. The van der Waals surface area contributed by atoms with Gasteiger partial charge in [-0.2, -0.15) is 0 Å². The summed E-state index contributed by atoms with van der Waals surface area (Å²) in [5.74, 6) is -3.50. The fourth-order valence-electron chi connectivity index (χ4n) is 4.17. The second-order valence-electron chi connectivity index (χ2n) is 9.62. The summed E-state index contributed by atoms with van der Waals surface area (Å²) in [6, 6.07) is 12.7. The zero-order valence-electron chi connectivity index (χ0n) is 23.2. The van der Waals surface area contributed by atoms with Crippen molar-refractivity contribution in [3.8, 4) is 34.5 Å². The first-order valence-corrected chi connectivity index (χ1v) is 13.1. The molecule has 3 aromatic rings. The van der Waals surface area contributed by atoms with E-state index in [0.29, 0.717) is 11.1 Å². The summed E-state index contributed by atoms with van der Waals surface area (Å²) in [6.07, 6.45) is -3.36. The second-order valence-corrected chi connectivity index (χ2v) is 9.62. The lowest BCUT2D eigenvalue weighted by atomic mass is 9.99. The number of esters is 1. The van der Waals surface area contributed by atoms with Gasteiger partial charge in [-0.1, -0.05) is 24.3 Å². The summed E-state index contributed by atoms with van der Waals surface area (Å²) < 4.78 is 21.0. The van der Waals surface area contributed by atoms with Crippen LogP contribution in [0.2, 0.25) is 0 Å². The van der Waals surface area contributed by atoms with Gasteiger partial charge in [-0.15, -0.1) is 0 Å². The van der Waals surface area contributed by atoms with Crippen molar-refractivity contribution in [3.63, 3.8) is 0 Å². The van der Waals surface area contributed by atoms with E-state index in [4.69, 9.17) is 18.9 Å². The number of allylic oxidation sites excluding steroid dienone is 1. The maximum Gasteiger partial charge on any atom is 0.330 e. The first-order valence-electron chi connectivity index (χ1n) is 13.1. The third-order valence-electron chi connectivity index (χ3n) is 6.62. The van der Waals surface area contributed by atoms with E-state index in [9.17, 15) is 45.3 Å². The Kier molecular flexibility index (Phi) is 10.1. The summed E-state index contributed by atoms with van der Waals surface area (Å²) >= 11 is 0.